The van der Waals surface area contributed by atoms with Gasteiger partial charge in [0.15, 0.2) is 27.6 Å². The molecule has 4 aromatic rings. The minimum atomic E-state index is -3.28. The SMILES string of the molecule is CS(=O)(=O)c1ccc(-n2ncc3c(OC4CCN(c5nnccc5C=O)CC4)ncnc32)cc1. The van der Waals surface area contributed by atoms with Gasteiger partial charge < -0.3 is 9.64 Å². The second-order valence-electron chi connectivity index (χ2n) is 7.97. The van der Waals surface area contributed by atoms with Crippen molar-refractivity contribution < 1.29 is 17.9 Å². The molecule has 0 spiro atoms. The summed E-state index contributed by atoms with van der Waals surface area (Å²) in [6, 6.07) is 8.10. The molecule has 4 heterocycles. The summed E-state index contributed by atoms with van der Waals surface area (Å²) in [5.74, 6) is 1.03. The summed E-state index contributed by atoms with van der Waals surface area (Å²) in [6.07, 6.45) is 7.90. The molecule has 34 heavy (non-hydrogen) atoms. The molecule has 0 radical (unpaired) electrons. The van der Waals surface area contributed by atoms with Crippen LogP contribution in [0.15, 0.2) is 53.9 Å². The molecule has 1 fully saturated rings. The number of carbonyl (C=O) groups is 1. The number of piperidine rings is 1. The zero-order valence-electron chi connectivity index (χ0n) is 18.3. The van der Waals surface area contributed by atoms with Crippen LogP contribution < -0.4 is 9.64 Å². The van der Waals surface area contributed by atoms with Crippen LogP contribution in [0.4, 0.5) is 5.82 Å². The molecule has 12 heteroatoms. The van der Waals surface area contributed by atoms with Gasteiger partial charge in [-0.15, -0.1) is 5.10 Å². The van der Waals surface area contributed by atoms with Crippen LogP contribution in [-0.2, 0) is 9.84 Å². The van der Waals surface area contributed by atoms with Crippen molar-refractivity contribution in [1.82, 2.24) is 29.9 Å². The summed E-state index contributed by atoms with van der Waals surface area (Å²) in [5.41, 5.74) is 1.75. The predicted molar refractivity (Wildman–Crippen MR) is 123 cm³/mol. The first kappa shape index (κ1) is 21.9. The average Bonchev–Trinajstić information content (AvgIpc) is 3.29. The van der Waals surface area contributed by atoms with E-state index in [0.29, 0.717) is 47.1 Å². The van der Waals surface area contributed by atoms with Crippen molar-refractivity contribution in [2.24, 2.45) is 0 Å². The molecule has 1 saturated heterocycles. The Morgan fingerprint density at radius 3 is 2.56 bits per heavy atom. The smallest absolute Gasteiger partial charge is 0.228 e. The van der Waals surface area contributed by atoms with E-state index in [0.717, 1.165) is 19.1 Å². The summed E-state index contributed by atoms with van der Waals surface area (Å²) in [4.78, 5) is 22.2. The zero-order chi connectivity index (χ0) is 23.7. The Morgan fingerprint density at radius 2 is 1.85 bits per heavy atom. The van der Waals surface area contributed by atoms with Crippen molar-refractivity contribution in [3.05, 3.63) is 54.6 Å². The highest BCUT2D eigenvalue weighted by Gasteiger charge is 2.25. The normalized spacial score (nSPS) is 14.9. The number of rotatable bonds is 6. The van der Waals surface area contributed by atoms with Gasteiger partial charge in [-0.1, -0.05) is 0 Å². The van der Waals surface area contributed by atoms with Crippen molar-refractivity contribution in [3.63, 3.8) is 0 Å². The van der Waals surface area contributed by atoms with E-state index in [2.05, 4.69) is 25.3 Å². The third-order valence-corrected chi connectivity index (χ3v) is 6.85. The summed E-state index contributed by atoms with van der Waals surface area (Å²) in [7, 11) is -3.28. The Morgan fingerprint density at radius 1 is 1.09 bits per heavy atom. The van der Waals surface area contributed by atoms with E-state index in [1.807, 2.05) is 4.90 Å². The summed E-state index contributed by atoms with van der Waals surface area (Å²) in [5, 5.41) is 13.1. The second kappa shape index (κ2) is 8.78. The highest BCUT2D eigenvalue weighted by Crippen LogP contribution is 2.27. The number of ether oxygens (including phenoxy) is 1. The quantitative estimate of drug-likeness (QED) is 0.377. The standard InChI is InChI=1S/C22H21N7O4S/c1-34(31,32)18-4-2-16(3-5-18)29-21-19(12-26-29)22(24-14-23-21)33-17-7-10-28(11-8-17)20-15(13-30)6-9-25-27-20/h2-6,9,12-14,17H,7-8,10-11H2,1H3. The lowest BCUT2D eigenvalue weighted by atomic mass is 10.1. The Kier molecular flexibility index (Phi) is 5.65. The summed E-state index contributed by atoms with van der Waals surface area (Å²) in [6.45, 7) is 1.34. The van der Waals surface area contributed by atoms with Crippen LogP contribution in [0, 0.1) is 0 Å². The maximum absolute atomic E-state index is 11.7. The fourth-order valence-electron chi connectivity index (χ4n) is 3.96. The molecule has 1 aromatic carbocycles. The lowest BCUT2D eigenvalue weighted by Gasteiger charge is -2.32. The minimum absolute atomic E-state index is 0.0666. The highest BCUT2D eigenvalue weighted by atomic mass is 32.2. The van der Waals surface area contributed by atoms with E-state index in [1.54, 1.807) is 29.1 Å². The molecule has 0 atom stereocenters. The van der Waals surface area contributed by atoms with Gasteiger partial charge in [0.05, 0.1) is 28.5 Å². The lowest BCUT2D eigenvalue weighted by molar-refractivity contribution is 0.112. The number of sulfone groups is 1. The van der Waals surface area contributed by atoms with Gasteiger partial charge in [-0.2, -0.15) is 10.2 Å². The predicted octanol–water partition coefficient (Wildman–Crippen LogP) is 1.87. The third-order valence-electron chi connectivity index (χ3n) is 5.72. The van der Waals surface area contributed by atoms with Crippen molar-refractivity contribution >= 4 is 33.0 Å². The van der Waals surface area contributed by atoms with E-state index in [9.17, 15) is 13.2 Å². The minimum Gasteiger partial charge on any atom is -0.474 e. The molecule has 174 valence electrons. The van der Waals surface area contributed by atoms with Gasteiger partial charge in [0.25, 0.3) is 0 Å². The molecule has 1 aliphatic heterocycles. The Hall–Kier alpha value is -3.93. The second-order valence-corrected chi connectivity index (χ2v) is 9.99. The van der Waals surface area contributed by atoms with Crippen molar-refractivity contribution in [2.45, 2.75) is 23.8 Å². The van der Waals surface area contributed by atoms with Crippen LogP contribution in [0.3, 0.4) is 0 Å². The first-order chi connectivity index (χ1) is 16.4. The van der Waals surface area contributed by atoms with E-state index in [-0.39, 0.29) is 11.0 Å². The molecule has 0 amide bonds. The van der Waals surface area contributed by atoms with Gasteiger partial charge in [0, 0.05) is 32.2 Å². The van der Waals surface area contributed by atoms with Crippen LogP contribution in [0.5, 0.6) is 5.88 Å². The monoisotopic (exact) mass is 479 g/mol. The van der Waals surface area contributed by atoms with Gasteiger partial charge in [0.2, 0.25) is 5.88 Å². The third kappa shape index (κ3) is 4.19. The molecule has 5 rings (SSSR count). The molecule has 1 aliphatic rings. The number of nitrogens with zero attached hydrogens (tertiary/aromatic N) is 7. The van der Waals surface area contributed by atoms with Gasteiger partial charge in [0.1, 0.15) is 17.8 Å². The van der Waals surface area contributed by atoms with Gasteiger partial charge in [-0.25, -0.2) is 23.1 Å². The van der Waals surface area contributed by atoms with Crippen LogP contribution >= 0.6 is 0 Å². The maximum Gasteiger partial charge on any atom is 0.228 e. The fourth-order valence-corrected chi connectivity index (χ4v) is 4.59. The van der Waals surface area contributed by atoms with Crippen LogP contribution in [0.1, 0.15) is 23.2 Å². The van der Waals surface area contributed by atoms with Crippen LogP contribution in [0.2, 0.25) is 0 Å². The fraction of sp³-hybridized carbons (Fsp3) is 0.273. The number of hydrogen-bond acceptors (Lipinski definition) is 10. The lowest BCUT2D eigenvalue weighted by Crippen LogP contribution is -2.39. The summed E-state index contributed by atoms with van der Waals surface area (Å²) < 4.78 is 31.3. The number of fused-ring (bicyclic) bond motifs is 1. The molecule has 11 nitrogen and oxygen atoms in total. The Labute approximate surface area is 195 Å². The molecule has 0 N–H and O–H groups in total. The molecule has 0 saturated carbocycles. The van der Waals surface area contributed by atoms with Crippen molar-refractivity contribution in [1.29, 1.82) is 0 Å². The number of carbonyl (C=O) groups excluding carboxylic acids is 1. The highest BCUT2D eigenvalue weighted by molar-refractivity contribution is 7.90. The van der Waals surface area contributed by atoms with E-state index in [1.165, 1.54) is 30.9 Å². The van der Waals surface area contributed by atoms with E-state index < -0.39 is 9.84 Å². The molecule has 0 aliphatic carbocycles. The number of aromatic nitrogens is 6. The molecule has 0 unspecified atom stereocenters. The van der Waals surface area contributed by atoms with Gasteiger partial charge >= 0.3 is 0 Å². The van der Waals surface area contributed by atoms with Gasteiger partial charge in [-0.3, -0.25) is 4.79 Å². The van der Waals surface area contributed by atoms with Crippen LogP contribution in [-0.4, -0.2) is 70.1 Å². The molecular formula is C22H21N7O4S. The van der Waals surface area contributed by atoms with Crippen LogP contribution in [0.25, 0.3) is 16.7 Å². The van der Waals surface area contributed by atoms with E-state index in [4.69, 9.17) is 4.74 Å². The average molecular weight is 480 g/mol. The Balaban J connectivity index is 1.33. The first-order valence-electron chi connectivity index (χ1n) is 10.6. The topological polar surface area (TPSA) is 133 Å². The van der Waals surface area contributed by atoms with Crippen molar-refractivity contribution in [2.75, 3.05) is 24.2 Å². The number of aldehydes is 1. The van der Waals surface area contributed by atoms with Crippen molar-refractivity contribution in [3.8, 4) is 11.6 Å². The number of hydrogen-bond donors (Lipinski definition) is 0. The maximum atomic E-state index is 11.7. The zero-order valence-corrected chi connectivity index (χ0v) is 19.1. The number of anilines is 1. The summed E-state index contributed by atoms with van der Waals surface area (Å²) >= 11 is 0. The van der Waals surface area contributed by atoms with Gasteiger partial charge in [-0.05, 0) is 30.3 Å². The molecule has 3 aromatic heterocycles. The largest absolute Gasteiger partial charge is 0.474 e. The Bertz CT molecular complexity index is 1450. The van der Waals surface area contributed by atoms with E-state index >= 15 is 0 Å². The first-order valence-corrected chi connectivity index (χ1v) is 12.5. The molecular weight excluding hydrogens is 458 g/mol. The number of benzene rings is 1. The molecule has 0 bridgehead atoms.